The van der Waals surface area contributed by atoms with E-state index in [1.165, 1.54) is 32.0 Å². The molecule has 0 fully saturated rings. The first kappa shape index (κ1) is 14.3. The number of benzene rings is 1. The maximum atomic E-state index is 3.63. The summed E-state index contributed by atoms with van der Waals surface area (Å²) in [6.07, 6.45) is 0. The monoisotopic (exact) mass is 273 g/mol. The van der Waals surface area contributed by atoms with Gasteiger partial charge in [-0.2, -0.15) is 0 Å². The Kier molecular flexibility index (Phi) is 4.43. The van der Waals surface area contributed by atoms with E-state index in [0.29, 0.717) is 6.04 Å². The third-order valence-electron chi connectivity index (χ3n) is 3.33. The molecule has 2 rings (SSSR count). The molecule has 0 spiro atoms. The van der Waals surface area contributed by atoms with Crippen LogP contribution in [0.1, 0.15) is 45.0 Å². The molecule has 0 saturated carbocycles. The minimum atomic E-state index is 0.322. The second kappa shape index (κ2) is 5.89. The van der Waals surface area contributed by atoms with Crippen molar-refractivity contribution in [3.05, 3.63) is 56.3 Å². The van der Waals surface area contributed by atoms with Crippen LogP contribution in [0, 0.1) is 27.7 Å². The third kappa shape index (κ3) is 3.26. The zero-order valence-electron chi connectivity index (χ0n) is 12.5. The Morgan fingerprint density at radius 3 is 2.11 bits per heavy atom. The topological polar surface area (TPSA) is 12.0 Å². The number of thiophene rings is 1. The van der Waals surface area contributed by atoms with Gasteiger partial charge < -0.3 is 5.32 Å². The standard InChI is InChI=1S/C17H23NS/c1-6-18-16(17-13(4)10-14(5)19-17)15-8-11(2)7-12(3)9-15/h7-10,16,18H,6H2,1-5H3. The van der Waals surface area contributed by atoms with Gasteiger partial charge in [0.15, 0.2) is 0 Å². The van der Waals surface area contributed by atoms with Crippen LogP contribution in [-0.2, 0) is 0 Å². The average molecular weight is 273 g/mol. The van der Waals surface area contributed by atoms with Crippen molar-refractivity contribution >= 4 is 11.3 Å². The van der Waals surface area contributed by atoms with Crippen molar-refractivity contribution in [1.82, 2.24) is 5.32 Å². The van der Waals surface area contributed by atoms with Crippen molar-refractivity contribution in [2.24, 2.45) is 0 Å². The summed E-state index contributed by atoms with van der Waals surface area (Å²) in [5, 5.41) is 3.63. The lowest BCUT2D eigenvalue weighted by Crippen LogP contribution is -2.22. The largest absolute Gasteiger partial charge is 0.306 e. The lowest BCUT2D eigenvalue weighted by Gasteiger charge is -2.19. The molecule has 1 unspecified atom stereocenters. The lowest BCUT2D eigenvalue weighted by atomic mass is 9.98. The zero-order chi connectivity index (χ0) is 14.0. The number of hydrogen-bond acceptors (Lipinski definition) is 2. The first-order valence-electron chi connectivity index (χ1n) is 6.89. The fourth-order valence-electron chi connectivity index (χ4n) is 2.69. The molecular weight excluding hydrogens is 250 g/mol. The Hall–Kier alpha value is -1.12. The first-order valence-corrected chi connectivity index (χ1v) is 7.71. The Bertz CT molecular complexity index is 548. The van der Waals surface area contributed by atoms with Crippen LogP contribution in [0.5, 0.6) is 0 Å². The van der Waals surface area contributed by atoms with Crippen LogP contribution >= 0.6 is 11.3 Å². The number of rotatable bonds is 4. The second-order valence-corrected chi connectivity index (χ2v) is 6.60. The summed E-state index contributed by atoms with van der Waals surface area (Å²) < 4.78 is 0. The van der Waals surface area contributed by atoms with Crippen molar-refractivity contribution in [3.63, 3.8) is 0 Å². The maximum Gasteiger partial charge on any atom is 0.0673 e. The van der Waals surface area contributed by atoms with Crippen LogP contribution in [0.3, 0.4) is 0 Å². The van der Waals surface area contributed by atoms with Gasteiger partial charge in [0, 0.05) is 9.75 Å². The normalized spacial score (nSPS) is 12.7. The highest BCUT2D eigenvalue weighted by atomic mass is 32.1. The van der Waals surface area contributed by atoms with Crippen LogP contribution in [0.25, 0.3) is 0 Å². The molecule has 0 radical (unpaired) electrons. The SMILES string of the molecule is CCNC(c1cc(C)cc(C)c1)c1sc(C)cc1C. The molecule has 0 aliphatic heterocycles. The highest BCUT2D eigenvalue weighted by Gasteiger charge is 2.18. The van der Waals surface area contributed by atoms with E-state index < -0.39 is 0 Å². The molecule has 0 bridgehead atoms. The maximum absolute atomic E-state index is 3.63. The van der Waals surface area contributed by atoms with E-state index in [-0.39, 0.29) is 0 Å². The Balaban J connectivity index is 2.47. The summed E-state index contributed by atoms with van der Waals surface area (Å²) in [5.41, 5.74) is 5.45. The predicted octanol–water partition coefficient (Wildman–Crippen LogP) is 4.68. The van der Waals surface area contributed by atoms with Gasteiger partial charge in [0.2, 0.25) is 0 Å². The van der Waals surface area contributed by atoms with Crippen LogP contribution in [0.2, 0.25) is 0 Å². The van der Waals surface area contributed by atoms with Gasteiger partial charge in [-0.15, -0.1) is 11.3 Å². The zero-order valence-corrected chi connectivity index (χ0v) is 13.3. The van der Waals surface area contributed by atoms with Gasteiger partial charge in [-0.3, -0.25) is 0 Å². The molecule has 1 nitrogen and oxygen atoms in total. The van der Waals surface area contributed by atoms with Gasteiger partial charge in [0.05, 0.1) is 6.04 Å². The average Bonchev–Trinajstić information content (AvgIpc) is 2.64. The molecule has 2 aromatic rings. The molecule has 1 aromatic carbocycles. The molecule has 0 aliphatic rings. The fraction of sp³-hybridized carbons (Fsp3) is 0.412. The molecule has 1 N–H and O–H groups in total. The van der Waals surface area contributed by atoms with Crippen molar-refractivity contribution in [2.75, 3.05) is 6.54 Å². The molecule has 0 saturated heterocycles. The lowest BCUT2D eigenvalue weighted by molar-refractivity contribution is 0.636. The Labute approximate surface area is 120 Å². The van der Waals surface area contributed by atoms with Gasteiger partial charge in [0.1, 0.15) is 0 Å². The third-order valence-corrected chi connectivity index (χ3v) is 4.54. The molecule has 1 heterocycles. The summed E-state index contributed by atoms with van der Waals surface area (Å²) in [7, 11) is 0. The number of nitrogens with one attached hydrogen (secondary N) is 1. The van der Waals surface area contributed by atoms with E-state index >= 15 is 0 Å². The fourth-order valence-corrected chi connectivity index (χ4v) is 3.83. The van der Waals surface area contributed by atoms with Gasteiger partial charge in [-0.05, 0) is 51.4 Å². The van der Waals surface area contributed by atoms with E-state index in [9.17, 15) is 0 Å². The van der Waals surface area contributed by atoms with Crippen LogP contribution in [-0.4, -0.2) is 6.54 Å². The molecule has 1 atom stereocenters. The van der Waals surface area contributed by atoms with E-state index in [0.717, 1.165) is 6.54 Å². The van der Waals surface area contributed by atoms with E-state index in [2.05, 4.69) is 64.2 Å². The van der Waals surface area contributed by atoms with Crippen LogP contribution in [0.4, 0.5) is 0 Å². The Morgan fingerprint density at radius 2 is 1.63 bits per heavy atom. The predicted molar refractivity (Wildman–Crippen MR) is 85.2 cm³/mol. The number of hydrogen-bond donors (Lipinski definition) is 1. The van der Waals surface area contributed by atoms with Gasteiger partial charge in [-0.1, -0.05) is 36.2 Å². The van der Waals surface area contributed by atoms with Crippen molar-refractivity contribution < 1.29 is 0 Å². The number of aryl methyl sites for hydroxylation is 4. The minimum absolute atomic E-state index is 0.322. The van der Waals surface area contributed by atoms with Crippen molar-refractivity contribution in [1.29, 1.82) is 0 Å². The summed E-state index contributed by atoms with van der Waals surface area (Å²) >= 11 is 1.91. The van der Waals surface area contributed by atoms with Crippen molar-refractivity contribution in [3.8, 4) is 0 Å². The molecule has 2 heteroatoms. The van der Waals surface area contributed by atoms with E-state index in [1.807, 2.05) is 11.3 Å². The summed E-state index contributed by atoms with van der Waals surface area (Å²) in [6, 6.07) is 9.44. The van der Waals surface area contributed by atoms with Gasteiger partial charge in [0.25, 0.3) is 0 Å². The van der Waals surface area contributed by atoms with E-state index in [1.54, 1.807) is 0 Å². The molecule has 19 heavy (non-hydrogen) atoms. The molecule has 0 amide bonds. The highest BCUT2D eigenvalue weighted by Crippen LogP contribution is 2.32. The molecular formula is C17H23NS. The second-order valence-electron chi connectivity index (χ2n) is 5.32. The summed E-state index contributed by atoms with van der Waals surface area (Å²) in [4.78, 5) is 2.84. The molecule has 0 aliphatic carbocycles. The smallest absolute Gasteiger partial charge is 0.0673 e. The highest BCUT2D eigenvalue weighted by molar-refractivity contribution is 7.12. The Morgan fingerprint density at radius 1 is 1.00 bits per heavy atom. The van der Waals surface area contributed by atoms with Gasteiger partial charge >= 0.3 is 0 Å². The van der Waals surface area contributed by atoms with Crippen LogP contribution < -0.4 is 5.32 Å². The summed E-state index contributed by atoms with van der Waals surface area (Å²) in [6.45, 7) is 11.9. The molecule has 102 valence electrons. The van der Waals surface area contributed by atoms with E-state index in [4.69, 9.17) is 0 Å². The summed E-state index contributed by atoms with van der Waals surface area (Å²) in [5.74, 6) is 0. The van der Waals surface area contributed by atoms with Gasteiger partial charge in [-0.25, -0.2) is 0 Å². The first-order chi connectivity index (χ1) is 9.01. The minimum Gasteiger partial charge on any atom is -0.306 e. The van der Waals surface area contributed by atoms with Crippen molar-refractivity contribution in [2.45, 2.75) is 40.7 Å². The quantitative estimate of drug-likeness (QED) is 0.853. The molecule has 1 aromatic heterocycles. The van der Waals surface area contributed by atoms with Crippen LogP contribution in [0.15, 0.2) is 24.3 Å².